The van der Waals surface area contributed by atoms with Gasteiger partial charge in [-0.1, -0.05) is 41.9 Å². The molecule has 0 heterocycles. The summed E-state index contributed by atoms with van der Waals surface area (Å²) in [6.07, 6.45) is 1.87. The van der Waals surface area contributed by atoms with E-state index in [0.717, 1.165) is 5.56 Å². The van der Waals surface area contributed by atoms with Crippen molar-refractivity contribution in [3.8, 4) is 0 Å². The number of halogens is 2. The van der Waals surface area contributed by atoms with E-state index in [4.69, 9.17) is 23.1 Å². The third-order valence-electron chi connectivity index (χ3n) is 4.70. The van der Waals surface area contributed by atoms with Crippen molar-refractivity contribution in [1.82, 2.24) is 5.32 Å². The number of hydrogen-bond acceptors (Lipinski definition) is 4. The summed E-state index contributed by atoms with van der Waals surface area (Å²) in [5.74, 6) is -1.20. The van der Waals surface area contributed by atoms with E-state index in [-0.39, 0.29) is 17.8 Å². The highest BCUT2D eigenvalue weighted by Gasteiger charge is 2.24. The second-order valence-corrected chi connectivity index (χ2v) is 7.44. The van der Waals surface area contributed by atoms with Gasteiger partial charge in [0.2, 0.25) is 5.91 Å². The van der Waals surface area contributed by atoms with Crippen LogP contribution in [0.15, 0.2) is 48.5 Å². The summed E-state index contributed by atoms with van der Waals surface area (Å²) in [5, 5.41) is 3.09. The smallest absolute Gasteiger partial charge is 0.237 e. The normalized spacial score (nSPS) is 13.0. The molecule has 2 atom stereocenters. The molecule has 2 aromatic rings. The van der Waals surface area contributed by atoms with Crippen LogP contribution in [0.4, 0.5) is 4.39 Å². The van der Waals surface area contributed by atoms with Crippen molar-refractivity contribution in [2.75, 3.05) is 6.54 Å². The molecule has 0 aliphatic heterocycles. The number of ketones is 1. The SMILES string of the molecule is NCCC[C@H](N)C(=O)N[C@H](CCc1ccccc1)C(=O)Cc1cc(Cl)ccc1F. The van der Waals surface area contributed by atoms with E-state index in [1.165, 1.54) is 18.2 Å². The summed E-state index contributed by atoms with van der Waals surface area (Å²) in [6, 6.07) is 12.2. The largest absolute Gasteiger partial charge is 0.345 e. The molecule has 156 valence electrons. The number of aryl methyl sites for hydroxylation is 1. The average Bonchev–Trinajstić information content (AvgIpc) is 2.72. The van der Waals surface area contributed by atoms with Gasteiger partial charge in [0.15, 0.2) is 5.78 Å². The zero-order valence-electron chi connectivity index (χ0n) is 16.2. The van der Waals surface area contributed by atoms with Crippen LogP contribution in [0.3, 0.4) is 0 Å². The van der Waals surface area contributed by atoms with Gasteiger partial charge in [-0.25, -0.2) is 4.39 Å². The first-order valence-corrected chi connectivity index (χ1v) is 10.0. The standard InChI is InChI=1S/C22H27ClFN3O2/c23-17-9-10-18(24)16(13-17)14-21(28)20(11-8-15-5-2-1-3-6-15)27-22(29)19(26)7-4-12-25/h1-3,5-6,9-10,13,19-20H,4,7-8,11-12,14,25-26H2,(H,27,29)/t19-,20+/m0/s1. The topological polar surface area (TPSA) is 98.2 Å². The van der Waals surface area contributed by atoms with Crippen LogP contribution in [0.1, 0.15) is 30.4 Å². The Balaban J connectivity index is 2.10. The van der Waals surface area contributed by atoms with Gasteiger partial charge in [0.1, 0.15) is 5.82 Å². The van der Waals surface area contributed by atoms with Crippen molar-refractivity contribution >= 4 is 23.3 Å². The Bertz CT molecular complexity index is 817. The first-order chi connectivity index (χ1) is 13.9. The zero-order valence-corrected chi connectivity index (χ0v) is 17.0. The summed E-state index contributed by atoms with van der Waals surface area (Å²) < 4.78 is 14.0. The Morgan fingerprint density at radius 2 is 1.83 bits per heavy atom. The number of hydrogen-bond donors (Lipinski definition) is 3. The number of carbonyl (C=O) groups is 2. The van der Waals surface area contributed by atoms with Crippen molar-refractivity contribution in [2.45, 2.75) is 44.2 Å². The van der Waals surface area contributed by atoms with Crippen LogP contribution >= 0.6 is 11.6 Å². The van der Waals surface area contributed by atoms with Crippen molar-refractivity contribution in [3.05, 3.63) is 70.5 Å². The Morgan fingerprint density at radius 3 is 2.52 bits per heavy atom. The minimum atomic E-state index is -0.773. The second-order valence-electron chi connectivity index (χ2n) is 7.00. The van der Waals surface area contributed by atoms with Crippen LogP contribution < -0.4 is 16.8 Å². The first-order valence-electron chi connectivity index (χ1n) is 9.67. The van der Waals surface area contributed by atoms with Crippen molar-refractivity contribution in [2.24, 2.45) is 11.5 Å². The maximum absolute atomic E-state index is 14.0. The van der Waals surface area contributed by atoms with Crippen molar-refractivity contribution < 1.29 is 14.0 Å². The number of amides is 1. The Hall–Kier alpha value is -2.28. The molecule has 0 spiro atoms. The summed E-state index contributed by atoms with van der Waals surface area (Å²) in [4.78, 5) is 25.3. The van der Waals surface area contributed by atoms with Gasteiger partial charge in [0.25, 0.3) is 0 Å². The van der Waals surface area contributed by atoms with E-state index in [1.807, 2.05) is 30.3 Å². The lowest BCUT2D eigenvalue weighted by Crippen LogP contribution is -2.49. The fourth-order valence-corrected chi connectivity index (χ4v) is 3.20. The molecule has 29 heavy (non-hydrogen) atoms. The monoisotopic (exact) mass is 419 g/mol. The van der Waals surface area contributed by atoms with Crippen molar-refractivity contribution in [1.29, 1.82) is 0 Å². The van der Waals surface area contributed by atoms with Crippen LogP contribution in [0.25, 0.3) is 0 Å². The lowest BCUT2D eigenvalue weighted by Gasteiger charge is -2.20. The van der Waals surface area contributed by atoms with Crippen molar-refractivity contribution in [3.63, 3.8) is 0 Å². The van der Waals surface area contributed by atoms with E-state index in [0.29, 0.717) is 37.3 Å². The fourth-order valence-electron chi connectivity index (χ4n) is 3.01. The van der Waals surface area contributed by atoms with E-state index < -0.39 is 23.8 Å². The zero-order chi connectivity index (χ0) is 21.2. The third-order valence-corrected chi connectivity index (χ3v) is 4.93. The van der Waals surface area contributed by atoms with Gasteiger partial charge in [0, 0.05) is 11.4 Å². The van der Waals surface area contributed by atoms with Gasteiger partial charge in [-0.2, -0.15) is 0 Å². The molecular weight excluding hydrogens is 393 g/mol. The Kier molecular flexibility index (Phi) is 9.25. The Labute approximate surface area is 175 Å². The molecule has 0 aliphatic carbocycles. The molecule has 5 N–H and O–H groups in total. The van der Waals surface area contributed by atoms with Gasteiger partial charge in [-0.15, -0.1) is 0 Å². The summed E-state index contributed by atoms with van der Waals surface area (Å²) in [5.41, 5.74) is 12.6. The molecule has 0 saturated heterocycles. The first kappa shape index (κ1) is 23.0. The van der Waals surface area contributed by atoms with Crippen LogP contribution in [-0.2, 0) is 22.4 Å². The maximum Gasteiger partial charge on any atom is 0.237 e. The molecule has 0 bridgehead atoms. The van der Waals surface area contributed by atoms with E-state index in [1.54, 1.807) is 0 Å². The maximum atomic E-state index is 14.0. The third kappa shape index (κ3) is 7.57. The van der Waals surface area contributed by atoms with E-state index in [9.17, 15) is 14.0 Å². The van der Waals surface area contributed by atoms with E-state index >= 15 is 0 Å². The minimum Gasteiger partial charge on any atom is -0.345 e. The molecule has 7 heteroatoms. The second kappa shape index (κ2) is 11.7. The van der Waals surface area contributed by atoms with Crippen LogP contribution in [-0.4, -0.2) is 30.3 Å². The number of rotatable bonds is 11. The van der Waals surface area contributed by atoms with Gasteiger partial charge >= 0.3 is 0 Å². The quantitative estimate of drug-likeness (QED) is 0.521. The summed E-state index contributed by atoms with van der Waals surface area (Å²) in [7, 11) is 0. The van der Waals surface area contributed by atoms with Gasteiger partial charge in [-0.05, 0) is 61.6 Å². The average molecular weight is 420 g/mol. The minimum absolute atomic E-state index is 0.163. The molecule has 0 saturated carbocycles. The molecular formula is C22H27ClFN3O2. The lowest BCUT2D eigenvalue weighted by atomic mass is 9.97. The number of Topliss-reactive ketones (excluding diaryl/α,β-unsaturated/α-hetero) is 1. The Morgan fingerprint density at radius 1 is 1.10 bits per heavy atom. The summed E-state index contributed by atoms with van der Waals surface area (Å²) >= 11 is 5.92. The molecule has 0 unspecified atom stereocenters. The highest BCUT2D eigenvalue weighted by Crippen LogP contribution is 2.17. The number of nitrogens with one attached hydrogen (secondary N) is 1. The summed E-state index contributed by atoms with van der Waals surface area (Å²) in [6.45, 7) is 0.436. The molecule has 2 rings (SSSR count). The predicted octanol–water partition coefficient (Wildman–Crippen LogP) is 2.77. The fraction of sp³-hybridized carbons (Fsp3) is 0.364. The molecule has 5 nitrogen and oxygen atoms in total. The predicted molar refractivity (Wildman–Crippen MR) is 113 cm³/mol. The number of nitrogens with two attached hydrogens (primary N) is 2. The highest BCUT2D eigenvalue weighted by molar-refractivity contribution is 6.30. The van der Waals surface area contributed by atoms with E-state index in [2.05, 4.69) is 5.32 Å². The number of benzene rings is 2. The van der Waals surface area contributed by atoms with Crippen LogP contribution in [0.5, 0.6) is 0 Å². The molecule has 2 aromatic carbocycles. The molecule has 1 amide bonds. The molecule has 0 fully saturated rings. The van der Waals surface area contributed by atoms with Gasteiger partial charge in [-0.3, -0.25) is 9.59 Å². The number of carbonyl (C=O) groups excluding carboxylic acids is 2. The van der Waals surface area contributed by atoms with Gasteiger partial charge < -0.3 is 16.8 Å². The molecule has 0 aliphatic rings. The van der Waals surface area contributed by atoms with Crippen LogP contribution in [0, 0.1) is 5.82 Å². The molecule has 0 radical (unpaired) electrons. The van der Waals surface area contributed by atoms with Gasteiger partial charge in [0.05, 0.1) is 12.1 Å². The molecule has 0 aromatic heterocycles. The highest BCUT2D eigenvalue weighted by atomic mass is 35.5. The van der Waals surface area contributed by atoms with Crippen LogP contribution in [0.2, 0.25) is 5.02 Å². The lowest BCUT2D eigenvalue weighted by molar-refractivity contribution is -0.128.